The van der Waals surface area contributed by atoms with Crippen molar-refractivity contribution in [1.82, 2.24) is 5.32 Å². The van der Waals surface area contributed by atoms with Crippen molar-refractivity contribution in [2.24, 2.45) is 5.73 Å². The number of amides is 1. The third-order valence-electron chi connectivity index (χ3n) is 2.67. The maximum absolute atomic E-state index is 12.2. The van der Waals surface area contributed by atoms with Crippen LogP contribution in [-0.4, -0.2) is 36.9 Å². The molecule has 25 heavy (non-hydrogen) atoms. The van der Waals surface area contributed by atoms with Gasteiger partial charge in [0, 0.05) is 16.7 Å². The van der Waals surface area contributed by atoms with Gasteiger partial charge in [0.2, 0.25) is 0 Å². The number of hydrogen-bond donors (Lipinski definition) is 4. The van der Waals surface area contributed by atoms with Crippen molar-refractivity contribution in [3.63, 3.8) is 0 Å². The SMILES string of the molecule is CS(=O)(=O)O.N=C(N)NC(=O)c1cccc(C(=O)c2ccccc2)c1. The monoisotopic (exact) mass is 363 g/mol. The summed E-state index contributed by atoms with van der Waals surface area (Å²) in [6, 6.07) is 15.1. The number of carbonyl (C=O) groups is 2. The highest BCUT2D eigenvalue weighted by molar-refractivity contribution is 7.85. The van der Waals surface area contributed by atoms with E-state index in [0.717, 1.165) is 0 Å². The summed E-state index contributed by atoms with van der Waals surface area (Å²) in [7, 11) is -3.67. The predicted molar refractivity (Wildman–Crippen MR) is 93.2 cm³/mol. The largest absolute Gasteiger partial charge is 0.370 e. The van der Waals surface area contributed by atoms with Crippen molar-refractivity contribution in [2.75, 3.05) is 6.26 Å². The summed E-state index contributed by atoms with van der Waals surface area (Å²) in [5, 5.41) is 9.20. The summed E-state index contributed by atoms with van der Waals surface area (Å²) in [4.78, 5) is 24.0. The van der Waals surface area contributed by atoms with Gasteiger partial charge in [-0.25, -0.2) is 0 Å². The maximum Gasteiger partial charge on any atom is 0.261 e. The molecule has 0 aromatic heterocycles. The van der Waals surface area contributed by atoms with Gasteiger partial charge in [0.25, 0.3) is 16.0 Å². The smallest absolute Gasteiger partial charge is 0.261 e. The van der Waals surface area contributed by atoms with E-state index in [1.165, 1.54) is 6.07 Å². The standard InChI is InChI=1S/C15H13N3O2.CH4O3S/c16-15(17)18-14(20)12-8-4-7-11(9-12)13(19)10-5-2-1-3-6-10;1-5(2,3)4/h1-9H,(H4,16,17,18,20);1H3,(H,2,3,4). The fraction of sp³-hybridized carbons (Fsp3) is 0.0625. The zero-order valence-electron chi connectivity index (χ0n) is 13.3. The summed E-state index contributed by atoms with van der Waals surface area (Å²) >= 11 is 0. The van der Waals surface area contributed by atoms with E-state index in [-0.39, 0.29) is 11.3 Å². The molecule has 0 bridgehead atoms. The van der Waals surface area contributed by atoms with Crippen LogP contribution in [0.25, 0.3) is 0 Å². The Labute approximate surface area is 144 Å². The van der Waals surface area contributed by atoms with Crippen molar-refractivity contribution in [1.29, 1.82) is 5.41 Å². The van der Waals surface area contributed by atoms with Crippen LogP contribution in [0.15, 0.2) is 54.6 Å². The van der Waals surface area contributed by atoms with E-state index in [1.807, 2.05) is 6.07 Å². The molecule has 8 nitrogen and oxygen atoms in total. The van der Waals surface area contributed by atoms with Gasteiger partial charge in [-0.2, -0.15) is 8.42 Å². The summed E-state index contributed by atoms with van der Waals surface area (Å²) in [5.41, 5.74) is 6.35. The van der Waals surface area contributed by atoms with E-state index in [2.05, 4.69) is 5.32 Å². The average molecular weight is 363 g/mol. The number of nitrogens with one attached hydrogen (secondary N) is 2. The molecule has 2 rings (SSSR count). The number of hydrogen-bond acceptors (Lipinski definition) is 5. The van der Waals surface area contributed by atoms with Gasteiger partial charge in [0.1, 0.15) is 0 Å². The average Bonchev–Trinajstić information content (AvgIpc) is 2.53. The Balaban J connectivity index is 0.000000550. The molecule has 1 amide bonds. The highest BCUT2D eigenvalue weighted by Crippen LogP contribution is 2.11. The molecule has 0 atom stereocenters. The second-order valence-electron chi connectivity index (χ2n) is 4.88. The number of guanidine groups is 1. The molecule has 0 aliphatic heterocycles. The molecule has 5 N–H and O–H groups in total. The number of nitrogens with two attached hydrogens (primary N) is 1. The molecule has 0 saturated heterocycles. The Morgan fingerprint density at radius 1 is 1.00 bits per heavy atom. The third kappa shape index (κ3) is 7.86. The quantitative estimate of drug-likeness (QED) is 0.277. The lowest BCUT2D eigenvalue weighted by Crippen LogP contribution is -2.35. The number of ketones is 1. The van der Waals surface area contributed by atoms with E-state index in [1.54, 1.807) is 42.5 Å². The normalized spacial score (nSPS) is 10.2. The van der Waals surface area contributed by atoms with E-state index >= 15 is 0 Å². The summed E-state index contributed by atoms with van der Waals surface area (Å²) < 4.78 is 25.9. The van der Waals surface area contributed by atoms with Gasteiger partial charge in [-0.15, -0.1) is 0 Å². The zero-order valence-corrected chi connectivity index (χ0v) is 14.1. The number of benzene rings is 2. The maximum atomic E-state index is 12.2. The topological polar surface area (TPSA) is 150 Å². The molecule has 0 fully saturated rings. The molecule has 2 aromatic rings. The minimum atomic E-state index is -3.67. The van der Waals surface area contributed by atoms with Gasteiger partial charge in [-0.1, -0.05) is 42.5 Å². The lowest BCUT2D eigenvalue weighted by atomic mass is 10.0. The highest BCUT2D eigenvalue weighted by atomic mass is 32.2. The fourth-order valence-electron chi connectivity index (χ4n) is 1.75. The molecular weight excluding hydrogens is 346 g/mol. The van der Waals surface area contributed by atoms with Gasteiger partial charge < -0.3 is 5.73 Å². The van der Waals surface area contributed by atoms with Crippen molar-refractivity contribution >= 4 is 27.8 Å². The van der Waals surface area contributed by atoms with Crippen LogP contribution in [0, 0.1) is 5.41 Å². The lowest BCUT2D eigenvalue weighted by Gasteiger charge is -2.05. The van der Waals surface area contributed by atoms with E-state index < -0.39 is 22.0 Å². The van der Waals surface area contributed by atoms with Crippen LogP contribution in [0.3, 0.4) is 0 Å². The van der Waals surface area contributed by atoms with Gasteiger partial charge in [0.05, 0.1) is 6.26 Å². The first-order valence-corrected chi connectivity index (χ1v) is 8.70. The Morgan fingerprint density at radius 2 is 1.48 bits per heavy atom. The first kappa shape index (κ1) is 20.0. The minimum Gasteiger partial charge on any atom is -0.370 e. The van der Waals surface area contributed by atoms with E-state index in [4.69, 9.17) is 15.7 Å². The third-order valence-corrected chi connectivity index (χ3v) is 2.67. The van der Waals surface area contributed by atoms with Crippen LogP contribution in [0.5, 0.6) is 0 Å². The Morgan fingerprint density at radius 3 is 2.00 bits per heavy atom. The van der Waals surface area contributed by atoms with Crippen LogP contribution in [0.4, 0.5) is 0 Å². The van der Waals surface area contributed by atoms with Crippen LogP contribution in [0.2, 0.25) is 0 Å². The zero-order chi connectivity index (χ0) is 19.0. The molecule has 0 radical (unpaired) electrons. The molecule has 0 heterocycles. The molecular formula is C16H17N3O5S. The predicted octanol–water partition coefficient (Wildman–Crippen LogP) is 1.04. The highest BCUT2D eigenvalue weighted by Gasteiger charge is 2.12. The summed E-state index contributed by atoms with van der Waals surface area (Å²) in [6.45, 7) is 0. The molecule has 0 saturated carbocycles. The van der Waals surface area contributed by atoms with Crippen molar-refractivity contribution in [2.45, 2.75) is 0 Å². The van der Waals surface area contributed by atoms with Crippen molar-refractivity contribution in [3.05, 3.63) is 71.3 Å². The van der Waals surface area contributed by atoms with Crippen LogP contribution >= 0.6 is 0 Å². The Bertz CT molecular complexity index is 872. The second kappa shape index (κ2) is 8.71. The summed E-state index contributed by atoms with van der Waals surface area (Å²) in [5.74, 6) is -1.11. The summed E-state index contributed by atoms with van der Waals surface area (Å²) in [6.07, 6.45) is 0.715. The second-order valence-corrected chi connectivity index (χ2v) is 6.34. The molecule has 0 aliphatic carbocycles. The van der Waals surface area contributed by atoms with E-state index in [9.17, 15) is 18.0 Å². The van der Waals surface area contributed by atoms with Crippen LogP contribution in [0.1, 0.15) is 26.3 Å². The number of rotatable bonds is 3. The minimum absolute atomic E-state index is 0.164. The van der Waals surface area contributed by atoms with Gasteiger partial charge >= 0.3 is 0 Å². The van der Waals surface area contributed by atoms with Crippen molar-refractivity contribution < 1.29 is 22.6 Å². The van der Waals surface area contributed by atoms with Crippen LogP contribution < -0.4 is 11.1 Å². The lowest BCUT2D eigenvalue weighted by molar-refractivity contribution is 0.0976. The van der Waals surface area contributed by atoms with Gasteiger partial charge in [0.15, 0.2) is 11.7 Å². The molecule has 0 spiro atoms. The molecule has 9 heteroatoms. The fourth-order valence-corrected chi connectivity index (χ4v) is 1.75. The molecule has 132 valence electrons. The molecule has 0 unspecified atom stereocenters. The van der Waals surface area contributed by atoms with Gasteiger partial charge in [-0.3, -0.25) is 24.9 Å². The van der Waals surface area contributed by atoms with Crippen molar-refractivity contribution in [3.8, 4) is 0 Å². The Kier molecular flexibility index (Phi) is 6.97. The first-order chi connectivity index (χ1) is 11.6. The van der Waals surface area contributed by atoms with E-state index in [0.29, 0.717) is 17.4 Å². The van der Waals surface area contributed by atoms with Gasteiger partial charge in [-0.05, 0) is 12.1 Å². The van der Waals surface area contributed by atoms with Crippen LogP contribution in [-0.2, 0) is 10.1 Å². The number of carbonyl (C=O) groups excluding carboxylic acids is 2. The first-order valence-electron chi connectivity index (χ1n) is 6.85. The molecule has 0 aliphatic rings. The molecule has 2 aromatic carbocycles. The Hall–Kier alpha value is -3.04.